The van der Waals surface area contributed by atoms with Crippen LogP contribution in [0.5, 0.6) is 5.75 Å². The van der Waals surface area contributed by atoms with Gasteiger partial charge in [0.25, 0.3) is 0 Å². The maximum Gasteiger partial charge on any atom is 0.170 e. The molecule has 2 aromatic carbocycles. The van der Waals surface area contributed by atoms with E-state index in [0.29, 0.717) is 11.3 Å². The van der Waals surface area contributed by atoms with Crippen molar-refractivity contribution in [3.05, 3.63) is 63.6 Å². The van der Waals surface area contributed by atoms with E-state index in [0.717, 1.165) is 12.1 Å². The van der Waals surface area contributed by atoms with Gasteiger partial charge in [-0.25, -0.2) is 8.78 Å². The summed E-state index contributed by atoms with van der Waals surface area (Å²) in [5.41, 5.74) is 0.360. The SMILES string of the molecule is COc1ccccc1CC(=O)c1cc(F)c(Br)cc1F. The van der Waals surface area contributed by atoms with Crippen LogP contribution in [0.4, 0.5) is 8.78 Å². The normalized spacial score (nSPS) is 10.4. The number of ketones is 1. The summed E-state index contributed by atoms with van der Waals surface area (Å²) in [4.78, 5) is 12.1. The van der Waals surface area contributed by atoms with Crippen LogP contribution in [-0.4, -0.2) is 12.9 Å². The van der Waals surface area contributed by atoms with Gasteiger partial charge in [0.2, 0.25) is 0 Å². The first-order valence-electron chi connectivity index (χ1n) is 5.82. The Morgan fingerprint density at radius 2 is 1.90 bits per heavy atom. The molecule has 0 atom stereocenters. The lowest BCUT2D eigenvalue weighted by Crippen LogP contribution is -2.08. The maximum absolute atomic E-state index is 13.7. The standard InChI is InChI=1S/C15H11BrF2O2/c1-20-15-5-3-2-4-9(15)6-14(19)10-7-13(18)11(16)8-12(10)17/h2-5,7-8H,6H2,1H3. The van der Waals surface area contributed by atoms with Crippen molar-refractivity contribution in [2.24, 2.45) is 0 Å². The fraction of sp³-hybridized carbons (Fsp3) is 0.133. The molecule has 0 amide bonds. The van der Waals surface area contributed by atoms with Crippen LogP contribution in [-0.2, 0) is 6.42 Å². The molecule has 0 saturated heterocycles. The van der Waals surface area contributed by atoms with Crippen molar-refractivity contribution in [2.45, 2.75) is 6.42 Å². The van der Waals surface area contributed by atoms with Crippen molar-refractivity contribution in [3.63, 3.8) is 0 Å². The number of para-hydroxylation sites is 1. The topological polar surface area (TPSA) is 26.3 Å². The van der Waals surface area contributed by atoms with Gasteiger partial charge >= 0.3 is 0 Å². The Balaban J connectivity index is 2.31. The quantitative estimate of drug-likeness (QED) is 0.617. The predicted octanol–water partition coefficient (Wildman–Crippen LogP) is 4.16. The molecular formula is C15H11BrF2O2. The van der Waals surface area contributed by atoms with Crippen molar-refractivity contribution in [1.29, 1.82) is 0 Å². The molecule has 0 saturated carbocycles. The van der Waals surface area contributed by atoms with Gasteiger partial charge in [-0.3, -0.25) is 4.79 Å². The molecule has 5 heteroatoms. The molecule has 0 fully saturated rings. The van der Waals surface area contributed by atoms with E-state index in [-0.39, 0.29) is 16.5 Å². The van der Waals surface area contributed by atoms with Gasteiger partial charge in [-0.15, -0.1) is 0 Å². The van der Waals surface area contributed by atoms with Crippen molar-refractivity contribution in [3.8, 4) is 5.75 Å². The average Bonchev–Trinajstić information content (AvgIpc) is 2.43. The highest BCUT2D eigenvalue weighted by molar-refractivity contribution is 9.10. The summed E-state index contributed by atoms with van der Waals surface area (Å²) in [5, 5.41) is 0. The highest BCUT2D eigenvalue weighted by atomic mass is 79.9. The lowest BCUT2D eigenvalue weighted by atomic mass is 10.0. The molecule has 2 aromatic rings. The Labute approximate surface area is 123 Å². The Morgan fingerprint density at radius 3 is 2.60 bits per heavy atom. The second-order valence-corrected chi connectivity index (χ2v) is 5.01. The van der Waals surface area contributed by atoms with Gasteiger partial charge < -0.3 is 4.74 Å². The first-order valence-corrected chi connectivity index (χ1v) is 6.62. The second-order valence-electron chi connectivity index (χ2n) is 4.16. The Kier molecular flexibility index (Phi) is 4.49. The first kappa shape index (κ1) is 14.7. The van der Waals surface area contributed by atoms with Gasteiger partial charge in [0.05, 0.1) is 17.1 Å². The van der Waals surface area contributed by atoms with Crippen LogP contribution >= 0.6 is 15.9 Å². The number of methoxy groups -OCH3 is 1. The Morgan fingerprint density at radius 1 is 1.20 bits per heavy atom. The maximum atomic E-state index is 13.7. The number of carbonyl (C=O) groups is 1. The fourth-order valence-electron chi connectivity index (χ4n) is 1.85. The molecular weight excluding hydrogens is 330 g/mol. The minimum Gasteiger partial charge on any atom is -0.496 e. The summed E-state index contributed by atoms with van der Waals surface area (Å²) < 4.78 is 32.2. The van der Waals surface area contributed by atoms with Crippen molar-refractivity contribution in [2.75, 3.05) is 7.11 Å². The van der Waals surface area contributed by atoms with E-state index in [2.05, 4.69) is 15.9 Å². The highest BCUT2D eigenvalue weighted by Crippen LogP contribution is 2.23. The van der Waals surface area contributed by atoms with E-state index in [1.54, 1.807) is 24.3 Å². The highest BCUT2D eigenvalue weighted by Gasteiger charge is 2.17. The van der Waals surface area contributed by atoms with Crippen LogP contribution in [0.2, 0.25) is 0 Å². The second kappa shape index (κ2) is 6.13. The molecule has 0 radical (unpaired) electrons. The molecule has 0 aliphatic heterocycles. The number of Topliss-reactive ketones (excluding diaryl/α,β-unsaturated/α-hetero) is 1. The third-order valence-electron chi connectivity index (χ3n) is 2.85. The molecule has 2 nitrogen and oxygen atoms in total. The number of rotatable bonds is 4. The molecule has 0 spiro atoms. The number of hydrogen-bond donors (Lipinski definition) is 0. The summed E-state index contributed by atoms with van der Waals surface area (Å²) in [6.07, 6.45) is -0.0536. The van der Waals surface area contributed by atoms with Gasteiger partial charge in [0.15, 0.2) is 5.78 Å². The number of benzene rings is 2. The Bertz CT molecular complexity index is 656. The van der Waals surface area contributed by atoms with Crippen LogP contribution in [0.1, 0.15) is 15.9 Å². The van der Waals surface area contributed by atoms with Gasteiger partial charge in [-0.1, -0.05) is 18.2 Å². The number of ether oxygens (including phenoxy) is 1. The predicted molar refractivity (Wildman–Crippen MR) is 75.1 cm³/mol. The van der Waals surface area contributed by atoms with E-state index in [1.807, 2.05) is 0 Å². The zero-order valence-electron chi connectivity index (χ0n) is 10.6. The Hall–Kier alpha value is -1.75. The van der Waals surface area contributed by atoms with Gasteiger partial charge in [-0.2, -0.15) is 0 Å². The van der Waals surface area contributed by atoms with E-state index in [9.17, 15) is 13.6 Å². The number of carbonyl (C=O) groups excluding carboxylic acids is 1. The fourth-order valence-corrected chi connectivity index (χ4v) is 2.17. The average molecular weight is 341 g/mol. The van der Waals surface area contributed by atoms with Crippen LogP contribution in [0.3, 0.4) is 0 Å². The van der Waals surface area contributed by atoms with Gasteiger partial charge in [0, 0.05) is 12.0 Å². The van der Waals surface area contributed by atoms with Crippen molar-refractivity contribution >= 4 is 21.7 Å². The number of hydrogen-bond acceptors (Lipinski definition) is 2. The van der Waals surface area contributed by atoms with Crippen LogP contribution < -0.4 is 4.74 Å². The molecule has 0 heterocycles. The van der Waals surface area contributed by atoms with E-state index in [4.69, 9.17) is 4.74 Å². The third-order valence-corrected chi connectivity index (χ3v) is 3.46. The zero-order valence-corrected chi connectivity index (χ0v) is 12.2. The smallest absolute Gasteiger partial charge is 0.170 e. The molecule has 2 rings (SSSR count). The lowest BCUT2D eigenvalue weighted by molar-refractivity contribution is 0.0987. The van der Waals surface area contributed by atoms with E-state index < -0.39 is 17.4 Å². The summed E-state index contributed by atoms with van der Waals surface area (Å²) >= 11 is 2.87. The summed E-state index contributed by atoms with van der Waals surface area (Å²) in [7, 11) is 1.49. The largest absolute Gasteiger partial charge is 0.496 e. The van der Waals surface area contributed by atoms with Crippen LogP contribution in [0, 0.1) is 11.6 Å². The third kappa shape index (κ3) is 3.04. The van der Waals surface area contributed by atoms with E-state index >= 15 is 0 Å². The summed E-state index contributed by atoms with van der Waals surface area (Å²) in [6.45, 7) is 0. The molecule has 104 valence electrons. The van der Waals surface area contributed by atoms with Gasteiger partial charge in [-0.05, 0) is 34.1 Å². The van der Waals surface area contributed by atoms with Crippen LogP contribution in [0.25, 0.3) is 0 Å². The zero-order chi connectivity index (χ0) is 14.7. The molecule has 0 unspecified atom stereocenters. The minimum atomic E-state index is -0.752. The van der Waals surface area contributed by atoms with Gasteiger partial charge in [0.1, 0.15) is 17.4 Å². The molecule has 0 N–H and O–H groups in total. The first-order chi connectivity index (χ1) is 9.52. The molecule has 0 aromatic heterocycles. The monoisotopic (exact) mass is 340 g/mol. The van der Waals surface area contributed by atoms with Crippen molar-refractivity contribution < 1.29 is 18.3 Å². The van der Waals surface area contributed by atoms with Crippen LogP contribution in [0.15, 0.2) is 40.9 Å². The minimum absolute atomic E-state index is 0.0103. The summed E-state index contributed by atoms with van der Waals surface area (Å²) in [6, 6.07) is 8.79. The molecule has 20 heavy (non-hydrogen) atoms. The molecule has 0 aliphatic rings. The lowest BCUT2D eigenvalue weighted by Gasteiger charge is -2.08. The molecule has 0 aliphatic carbocycles. The number of halogens is 3. The van der Waals surface area contributed by atoms with Crippen molar-refractivity contribution in [1.82, 2.24) is 0 Å². The summed E-state index contributed by atoms with van der Waals surface area (Å²) in [5.74, 6) is -1.38. The van der Waals surface area contributed by atoms with E-state index in [1.165, 1.54) is 7.11 Å². The molecule has 0 bridgehead atoms.